The molecule has 0 bridgehead atoms. The maximum Gasteiger partial charge on any atom is 0.338 e. The van der Waals surface area contributed by atoms with Gasteiger partial charge in [-0.3, -0.25) is 9.36 Å². The van der Waals surface area contributed by atoms with E-state index in [1.54, 1.807) is 43.7 Å². The van der Waals surface area contributed by atoms with Crippen LogP contribution in [0.1, 0.15) is 37.9 Å². The molecule has 1 aromatic heterocycles. The Bertz CT molecular complexity index is 1560. The van der Waals surface area contributed by atoms with E-state index >= 15 is 0 Å². The largest absolute Gasteiger partial charge is 0.493 e. The number of halogens is 1. The summed E-state index contributed by atoms with van der Waals surface area (Å²) in [4.78, 5) is 32.0. The van der Waals surface area contributed by atoms with Gasteiger partial charge in [-0.2, -0.15) is 0 Å². The molecule has 37 heavy (non-hydrogen) atoms. The summed E-state index contributed by atoms with van der Waals surface area (Å²) in [5.41, 5.74) is 2.03. The van der Waals surface area contributed by atoms with Crippen molar-refractivity contribution in [2.75, 3.05) is 27.4 Å². The first-order valence-electron chi connectivity index (χ1n) is 11.7. The highest BCUT2D eigenvalue weighted by Crippen LogP contribution is 2.36. The van der Waals surface area contributed by atoms with Crippen LogP contribution >= 0.6 is 27.3 Å². The molecule has 2 heterocycles. The van der Waals surface area contributed by atoms with Gasteiger partial charge in [0.25, 0.3) is 5.56 Å². The van der Waals surface area contributed by atoms with Gasteiger partial charge in [0, 0.05) is 0 Å². The Kier molecular flexibility index (Phi) is 8.19. The number of benzene rings is 2. The van der Waals surface area contributed by atoms with E-state index in [-0.39, 0.29) is 12.2 Å². The van der Waals surface area contributed by atoms with Crippen molar-refractivity contribution >= 4 is 39.3 Å². The van der Waals surface area contributed by atoms with E-state index in [1.807, 2.05) is 31.2 Å². The van der Waals surface area contributed by atoms with Gasteiger partial charge in [0.05, 0.1) is 53.8 Å². The number of fused-ring (bicyclic) bond motifs is 1. The van der Waals surface area contributed by atoms with Gasteiger partial charge in [-0.1, -0.05) is 23.5 Å². The lowest BCUT2D eigenvalue weighted by Crippen LogP contribution is -2.39. The minimum atomic E-state index is -0.746. The van der Waals surface area contributed by atoms with Crippen LogP contribution in [0.2, 0.25) is 0 Å². The molecule has 2 aromatic carbocycles. The lowest BCUT2D eigenvalue weighted by Gasteiger charge is -2.25. The molecule has 1 aliphatic rings. The van der Waals surface area contributed by atoms with Crippen molar-refractivity contribution in [2.24, 2.45) is 4.99 Å². The van der Waals surface area contributed by atoms with E-state index in [0.29, 0.717) is 44.3 Å². The van der Waals surface area contributed by atoms with E-state index in [2.05, 4.69) is 20.9 Å². The number of carbonyl (C=O) groups is 1. The number of nitrogens with zero attached hydrogens (tertiary/aromatic N) is 2. The Morgan fingerprint density at radius 3 is 2.46 bits per heavy atom. The first kappa shape index (κ1) is 26.7. The van der Waals surface area contributed by atoms with Crippen molar-refractivity contribution in [3.05, 3.63) is 83.0 Å². The zero-order valence-corrected chi connectivity index (χ0v) is 23.6. The smallest absolute Gasteiger partial charge is 0.338 e. The fraction of sp³-hybridized carbons (Fsp3) is 0.296. The van der Waals surface area contributed by atoms with Crippen LogP contribution in [0.15, 0.2) is 61.9 Å². The number of allylic oxidation sites excluding steroid dienone is 1. The number of ether oxygens (including phenoxy) is 4. The molecule has 0 spiro atoms. The molecule has 0 radical (unpaired) electrons. The van der Waals surface area contributed by atoms with Crippen LogP contribution in [0.5, 0.6) is 17.2 Å². The minimum absolute atomic E-state index is 0.200. The minimum Gasteiger partial charge on any atom is -0.493 e. The van der Waals surface area contributed by atoms with Gasteiger partial charge in [0.2, 0.25) is 0 Å². The van der Waals surface area contributed by atoms with Gasteiger partial charge in [-0.15, -0.1) is 0 Å². The van der Waals surface area contributed by atoms with Crippen molar-refractivity contribution in [2.45, 2.75) is 26.8 Å². The SMILES string of the molecule is CCOC(=O)C1=C(C)N=c2s/c(=C\c3ccc(OCC)c(Br)c3)c(=O)n2[C@H]1c1ccc(OC)c(OC)c1. The Labute approximate surface area is 226 Å². The number of esters is 1. The summed E-state index contributed by atoms with van der Waals surface area (Å²) in [6.45, 7) is 6.16. The normalized spacial score (nSPS) is 15.2. The maximum atomic E-state index is 13.8. The van der Waals surface area contributed by atoms with Crippen LogP contribution in [0, 0.1) is 0 Å². The number of methoxy groups -OCH3 is 2. The molecule has 0 N–H and O–H groups in total. The second-order valence-electron chi connectivity index (χ2n) is 8.04. The van der Waals surface area contributed by atoms with Gasteiger partial charge in [0.1, 0.15) is 5.75 Å². The summed E-state index contributed by atoms with van der Waals surface area (Å²) >= 11 is 4.79. The van der Waals surface area contributed by atoms with Crippen molar-refractivity contribution in [1.82, 2.24) is 4.57 Å². The van der Waals surface area contributed by atoms with Gasteiger partial charge in [-0.25, -0.2) is 9.79 Å². The molecule has 0 saturated heterocycles. The van der Waals surface area contributed by atoms with E-state index < -0.39 is 12.0 Å². The molecule has 0 unspecified atom stereocenters. The number of hydrogen-bond acceptors (Lipinski definition) is 8. The fourth-order valence-electron chi connectivity index (χ4n) is 4.16. The number of hydrogen-bond donors (Lipinski definition) is 0. The fourth-order valence-corrected chi connectivity index (χ4v) is 5.72. The molecular formula is C27H27BrN2O6S. The number of carbonyl (C=O) groups excluding carboxylic acids is 1. The predicted molar refractivity (Wildman–Crippen MR) is 145 cm³/mol. The highest BCUT2D eigenvalue weighted by molar-refractivity contribution is 9.10. The monoisotopic (exact) mass is 586 g/mol. The third-order valence-corrected chi connectivity index (χ3v) is 7.40. The van der Waals surface area contributed by atoms with Crippen LogP contribution in [0.4, 0.5) is 0 Å². The summed E-state index contributed by atoms with van der Waals surface area (Å²) in [6, 6.07) is 10.2. The molecule has 0 fully saturated rings. The molecule has 1 atom stereocenters. The Morgan fingerprint density at radius 2 is 1.81 bits per heavy atom. The van der Waals surface area contributed by atoms with Crippen LogP contribution in [-0.4, -0.2) is 38.0 Å². The van der Waals surface area contributed by atoms with Crippen LogP contribution in [0.25, 0.3) is 6.08 Å². The summed E-state index contributed by atoms with van der Waals surface area (Å²) in [7, 11) is 3.09. The summed E-state index contributed by atoms with van der Waals surface area (Å²) in [5, 5.41) is 0. The topological polar surface area (TPSA) is 88.4 Å². The average molecular weight is 587 g/mol. The number of thiazole rings is 1. The molecule has 3 aromatic rings. The van der Waals surface area contributed by atoms with Gasteiger partial charge < -0.3 is 18.9 Å². The molecular weight excluding hydrogens is 560 g/mol. The highest BCUT2D eigenvalue weighted by Gasteiger charge is 2.33. The Hall–Kier alpha value is -3.37. The molecule has 0 amide bonds. The van der Waals surface area contributed by atoms with Gasteiger partial charge in [0.15, 0.2) is 16.3 Å². The molecule has 4 rings (SSSR count). The standard InChI is InChI=1S/C27H27BrN2O6S/c1-6-35-19-10-8-16(12-18(19)28)13-22-25(31)30-24(17-9-11-20(33-4)21(14-17)34-5)23(26(32)36-7-2)15(3)29-27(30)37-22/h8-14,24H,6-7H2,1-5H3/b22-13-/t24-/m0/s1. The van der Waals surface area contributed by atoms with E-state index in [9.17, 15) is 9.59 Å². The van der Waals surface area contributed by atoms with Crippen molar-refractivity contribution in [1.29, 1.82) is 0 Å². The highest BCUT2D eigenvalue weighted by atomic mass is 79.9. The Morgan fingerprint density at radius 1 is 1.08 bits per heavy atom. The molecule has 10 heteroatoms. The van der Waals surface area contributed by atoms with Crippen molar-refractivity contribution in [3.8, 4) is 17.2 Å². The zero-order valence-electron chi connectivity index (χ0n) is 21.2. The third kappa shape index (κ3) is 5.21. The second-order valence-corrected chi connectivity index (χ2v) is 9.90. The van der Waals surface area contributed by atoms with Crippen LogP contribution < -0.4 is 29.1 Å². The summed E-state index contributed by atoms with van der Waals surface area (Å²) in [5.74, 6) is 1.23. The molecule has 0 saturated carbocycles. The molecule has 1 aliphatic heterocycles. The van der Waals surface area contributed by atoms with Crippen LogP contribution in [-0.2, 0) is 9.53 Å². The third-order valence-electron chi connectivity index (χ3n) is 5.79. The first-order chi connectivity index (χ1) is 17.8. The summed E-state index contributed by atoms with van der Waals surface area (Å²) < 4.78 is 24.6. The summed E-state index contributed by atoms with van der Waals surface area (Å²) in [6.07, 6.45) is 1.80. The number of aromatic nitrogens is 1. The van der Waals surface area contributed by atoms with Gasteiger partial charge >= 0.3 is 5.97 Å². The average Bonchev–Trinajstić information content (AvgIpc) is 3.18. The maximum absolute atomic E-state index is 13.8. The second kappa shape index (κ2) is 11.4. The van der Waals surface area contributed by atoms with E-state index in [1.165, 1.54) is 18.4 Å². The first-order valence-corrected chi connectivity index (χ1v) is 13.3. The van der Waals surface area contributed by atoms with E-state index in [4.69, 9.17) is 18.9 Å². The Balaban J connectivity index is 1.92. The van der Waals surface area contributed by atoms with E-state index in [0.717, 1.165) is 15.8 Å². The van der Waals surface area contributed by atoms with Crippen LogP contribution in [0.3, 0.4) is 0 Å². The quantitative estimate of drug-likeness (QED) is 0.371. The lowest BCUT2D eigenvalue weighted by molar-refractivity contribution is -0.139. The van der Waals surface area contributed by atoms with Gasteiger partial charge in [-0.05, 0) is 78.2 Å². The molecule has 8 nitrogen and oxygen atoms in total. The van der Waals surface area contributed by atoms with Crippen molar-refractivity contribution < 1.29 is 23.7 Å². The molecule has 194 valence electrons. The molecule has 0 aliphatic carbocycles. The zero-order chi connectivity index (χ0) is 26.7. The lowest BCUT2D eigenvalue weighted by atomic mass is 9.95. The van der Waals surface area contributed by atoms with Crippen molar-refractivity contribution in [3.63, 3.8) is 0 Å². The predicted octanol–water partition coefficient (Wildman–Crippen LogP) is 3.98. The number of rotatable bonds is 8.